The minimum Gasteiger partial charge on any atom is -0.311 e. The number of carbonyl (C=O) groups is 1. The van der Waals surface area contributed by atoms with E-state index in [4.69, 9.17) is 0 Å². The Kier molecular flexibility index (Phi) is 4.81. The molecule has 0 radical (unpaired) electrons. The van der Waals surface area contributed by atoms with Crippen LogP contribution in [0.15, 0.2) is 54.6 Å². The maximum atomic E-state index is 12.7. The summed E-state index contributed by atoms with van der Waals surface area (Å²) in [5.74, 6) is 0.237. The fourth-order valence-electron chi connectivity index (χ4n) is 3.82. The molecule has 130 valence electrons. The van der Waals surface area contributed by atoms with E-state index in [1.165, 1.54) is 11.1 Å². The molecule has 2 aliphatic heterocycles. The van der Waals surface area contributed by atoms with E-state index in [9.17, 15) is 4.79 Å². The van der Waals surface area contributed by atoms with E-state index in [0.717, 1.165) is 51.4 Å². The van der Waals surface area contributed by atoms with Gasteiger partial charge < -0.3 is 4.90 Å². The van der Waals surface area contributed by atoms with E-state index in [1.807, 2.05) is 11.0 Å². The Labute approximate surface area is 149 Å². The molecule has 0 unspecified atom stereocenters. The van der Waals surface area contributed by atoms with Crippen LogP contribution in [0.25, 0.3) is 0 Å². The van der Waals surface area contributed by atoms with Crippen molar-refractivity contribution in [3.63, 3.8) is 0 Å². The maximum Gasteiger partial charge on any atom is 0.241 e. The second kappa shape index (κ2) is 7.38. The highest BCUT2D eigenvalue weighted by Crippen LogP contribution is 2.27. The molecular weight excluding hydrogens is 310 g/mol. The summed E-state index contributed by atoms with van der Waals surface area (Å²) in [4.78, 5) is 19.5. The molecule has 0 aromatic heterocycles. The van der Waals surface area contributed by atoms with Gasteiger partial charge in [-0.2, -0.15) is 0 Å². The van der Waals surface area contributed by atoms with Gasteiger partial charge in [0.1, 0.15) is 0 Å². The van der Waals surface area contributed by atoms with E-state index in [2.05, 4.69) is 58.3 Å². The molecule has 2 heterocycles. The Hall–Kier alpha value is -2.17. The number of hydrogen-bond donors (Lipinski definition) is 0. The zero-order chi connectivity index (χ0) is 17.1. The molecule has 0 bridgehead atoms. The zero-order valence-electron chi connectivity index (χ0n) is 14.6. The topological polar surface area (TPSA) is 26.8 Å². The Morgan fingerprint density at radius 2 is 1.48 bits per heavy atom. The molecule has 0 saturated carbocycles. The zero-order valence-corrected chi connectivity index (χ0v) is 14.6. The van der Waals surface area contributed by atoms with Crippen LogP contribution in [0.4, 0.5) is 5.69 Å². The Bertz CT molecular complexity index is 723. The number of para-hydroxylation sites is 1. The lowest BCUT2D eigenvalue weighted by Gasteiger charge is -2.35. The number of fused-ring (bicyclic) bond motifs is 1. The summed E-state index contributed by atoms with van der Waals surface area (Å²) >= 11 is 0. The first-order valence-corrected chi connectivity index (χ1v) is 9.16. The highest BCUT2D eigenvalue weighted by molar-refractivity contribution is 5.96. The third-order valence-electron chi connectivity index (χ3n) is 5.26. The summed E-state index contributed by atoms with van der Waals surface area (Å²) in [6.07, 6.45) is 0.979. The smallest absolute Gasteiger partial charge is 0.241 e. The van der Waals surface area contributed by atoms with Crippen LogP contribution in [-0.4, -0.2) is 55.0 Å². The molecule has 4 rings (SSSR count). The monoisotopic (exact) mass is 335 g/mol. The maximum absolute atomic E-state index is 12.7. The molecule has 2 aliphatic rings. The van der Waals surface area contributed by atoms with Gasteiger partial charge in [0.25, 0.3) is 0 Å². The standard InChI is InChI=1S/C21H25N3O/c25-21(24-11-10-19-8-4-5-9-20(19)24)17-23-14-12-22(13-15-23)16-18-6-2-1-3-7-18/h1-9H,10-17H2. The van der Waals surface area contributed by atoms with Gasteiger partial charge in [-0.3, -0.25) is 14.6 Å². The molecule has 0 aliphatic carbocycles. The van der Waals surface area contributed by atoms with Gasteiger partial charge in [-0.1, -0.05) is 48.5 Å². The molecule has 0 N–H and O–H groups in total. The number of nitrogens with zero attached hydrogens (tertiary/aromatic N) is 3. The normalized spacial score (nSPS) is 18.3. The SMILES string of the molecule is O=C(CN1CCN(Cc2ccccc2)CC1)N1CCc2ccccc21. The number of carbonyl (C=O) groups excluding carboxylic acids is 1. The van der Waals surface area contributed by atoms with Gasteiger partial charge in [0.2, 0.25) is 5.91 Å². The first-order valence-electron chi connectivity index (χ1n) is 9.16. The van der Waals surface area contributed by atoms with Gasteiger partial charge in [0.05, 0.1) is 6.54 Å². The first kappa shape index (κ1) is 16.3. The van der Waals surface area contributed by atoms with Gasteiger partial charge in [-0.25, -0.2) is 0 Å². The number of hydrogen-bond acceptors (Lipinski definition) is 3. The van der Waals surface area contributed by atoms with E-state index in [-0.39, 0.29) is 5.91 Å². The first-order chi connectivity index (χ1) is 12.3. The summed E-state index contributed by atoms with van der Waals surface area (Å²) in [5.41, 5.74) is 3.76. The van der Waals surface area contributed by atoms with Crippen molar-refractivity contribution < 1.29 is 4.79 Å². The van der Waals surface area contributed by atoms with E-state index in [0.29, 0.717) is 6.54 Å². The van der Waals surface area contributed by atoms with Gasteiger partial charge in [0.15, 0.2) is 0 Å². The summed E-state index contributed by atoms with van der Waals surface area (Å²) in [5, 5.41) is 0. The highest BCUT2D eigenvalue weighted by Gasteiger charge is 2.26. The molecule has 4 nitrogen and oxygen atoms in total. The molecular formula is C21H25N3O. The van der Waals surface area contributed by atoms with E-state index in [1.54, 1.807) is 0 Å². The summed E-state index contributed by atoms with van der Waals surface area (Å²) < 4.78 is 0. The van der Waals surface area contributed by atoms with Crippen LogP contribution in [0.1, 0.15) is 11.1 Å². The molecule has 25 heavy (non-hydrogen) atoms. The second-order valence-electron chi connectivity index (χ2n) is 6.96. The molecule has 1 fully saturated rings. The number of rotatable bonds is 4. The Morgan fingerprint density at radius 3 is 2.28 bits per heavy atom. The highest BCUT2D eigenvalue weighted by atomic mass is 16.2. The lowest BCUT2D eigenvalue weighted by atomic mass is 10.2. The number of anilines is 1. The fraction of sp³-hybridized carbons (Fsp3) is 0.381. The van der Waals surface area contributed by atoms with Gasteiger partial charge >= 0.3 is 0 Å². The van der Waals surface area contributed by atoms with Crippen molar-refractivity contribution in [2.24, 2.45) is 0 Å². The van der Waals surface area contributed by atoms with Crippen molar-refractivity contribution in [1.82, 2.24) is 9.80 Å². The van der Waals surface area contributed by atoms with Crippen LogP contribution in [0, 0.1) is 0 Å². The van der Waals surface area contributed by atoms with E-state index >= 15 is 0 Å². The van der Waals surface area contributed by atoms with Gasteiger partial charge in [0, 0.05) is 45.0 Å². The van der Waals surface area contributed by atoms with Crippen molar-refractivity contribution in [1.29, 1.82) is 0 Å². The average molecular weight is 335 g/mol. The summed E-state index contributed by atoms with van der Waals surface area (Å²) in [7, 11) is 0. The van der Waals surface area contributed by atoms with Crippen molar-refractivity contribution in [3.8, 4) is 0 Å². The number of piperazine rings is 1. The average Bonchev–Trinajstić information content (AvgIpc) is 3.08. The summed E-state index contributed by atoms with van der Waals surface area (Å²) in [6.45, 7) is 6.35. The van der Waals surface area contributed by atoms with E-state index < -0.39 is 0 Å². The van der Waals surface area contributed by atoms with Crippen molar-refractivity contribution >= 4 is 11.6 Å². The molecule has 1 saturated heterocycles. The minimum atomic E-state index is 0.237. The van der Waals surface area contributed by atoms with Crippen LogP contribution < -0.4 is 4.90 Å². The van der Waals surface area contributed by atoms with Gasteiger partial charge in [-0.05, 0) is 23.6 Å². The second-order valence-corrected chi connectivity index (χ2v) is 6.96. The van der Waals surface area contributed by atoms with Crippen LogP contribution in [0.2, 0.25) is 0 Å². The molecule has 2 aromatic rings. The van der Waals surface area contributed by atoms with Gasteiger partial charge in [-0.15, -0.1) is 0 Å². The molecule has 1 amide bonds. The van der Waals surface area contributed by atoms with Crippen molar-refractivity contribution in [2.45, 2.75) is 13.0 Å². The third-order valence-corrected chi connectivity index (χ3v) is 5.26. The Morgan fingerprint density at radius 1 is 0.800 bits per heavy atom. The fourth-order valence-corrected chi connectivity index (χ4v) is 3.82. The lowest BCUT2D eigenvalue weighted by Crippen LogP contribution is -2.49. The molecule has 0 spiro atoms. The third kappa shape index (κ3) is 3.75. The summed E-state index contributed by atoms with van der Waals surface area (Å²) in [6, 6.07) is 18.9. The van der Waals surface area contributed by atoms with Crippen LogP contribution in [0.5, 0.6) is 0 Å². The lowest BCUT2D eigenvalue weighted by molar-refractivity contribution is -0.120. The molecule has 0 atom stereocenters. The number of benzene rings is 2. The minimum absolute atomic E-state index is 0.237. The number of amides is 1. The molecule has 4 heteroatoms. The van der Waals surface area contributed by atoms with Crippen molar-refractivity contribution in [3.05, 3.63) is 65.7 Å². The Balaban J connectivity index is 1.28. The predicted molar refractivity (Wildman–Crippen MR) is 101 cm³/mol. The van der Waals surface area contributed by atoms with Crippen molar-refractivity contribution in [2.75, 3.05) is 44.2 Å². The largest absolute Gasteiger partial charge is 0.311 e. The van der Waals surface area contributed by atoms with Crippen LogP contribution in [0.3, 0.4) is 0 Å². The van der Waals surface area contributed by atoms with Crippen LogP contribution >= 0.6 is 0 Å². The predicted octanol–water partition coefficient (Wildman–Crippen LogP) is 2.39. The quantitative estimate of drug-likeness (QED) is 0.858. The van der Waals surface area contributed by atoms with Crippen LogP contribution in [-0.2, 0) is 17.8 Å². The molecule has 2 aromatic carbocycles.